The van der Waals surface area contributed by atoms with Crippen LogP contribution in [0.1, 0.15) is 35.2 Å². The molecule has 0 bridgehead atoms. The zero-order chi connectivity index (χ0) is 28.4. The SMILES string of the molecule is O=C1c2c(O)c(=O)nc([C@@H]3CCCN3C(=O)CSc3ccccc3Cl)n2CCN1CCS(=O)(=O)c1ccccc1. The van der Waals surface area contributed by atoms with Gasteiger partial charge in [0.2, 0.25) is 11.7 Å². The molecule has 2 amide bonds. The summed E-state index contributed by atoms with van der Waals surface area (Å²) >= 11 is 7.54. The first-order valence-electron chi connectivity index (χ1n) is 12.7. The zero-order valence-electron chi connectivity index (χ0n) is 21.4. The maximum Gasteiger partial charge on any atom is 0.315 e. The molecule has 0 spiro atoms. The molecule has 5 rings (SSSR count). The lowest BCUT2D eigenvalue weighted by Crippen LogP contribution is -2.46. The van der Waals surface area contributed by atoms with Crippen molar-refractivity contribution in [1.29, 1.82) is 0 Å². The van der Waals surface area contributed by atoms with Crippen LogP contribution < -0.4 is 5.56 Å². The van der Waals surface area contributed by atoms with Gasteiger partial charge < -0.3 is 19.5 Å². The number of hydrogen-bond acceptors (Lipinski definition) is 8. The van der Waals surface area contributed by atoms with Crippen LogP contribution in [0.4, 0.5) is 0 Å². The molecule has 0 saturated carbocycles. The van der Waals surface area contributed by atoms with E-state index < -0.39 is 33.1 Å². The smallest absolute Gasteiger partial charge is 0.315 e. The fraction of sp³-hybridized carbons (Fsp3) is 0.333. The summed E-state index contributed by atoms with van der Waals surface area (Å²) < 4.78 is 27.0. The number of carbonyl (C=O) groups excluding carboxylic acids is 2. The van der Waals surface area contributed by atoms with E-state index in [1.165, 1.54) is 33.4 Å². The molecule has 0 radical (unpaired) electrons. The monoisotopic (exact) mass is 602 g/mol. The molecule has 10 nitrogen and oxygen atoms in total. The van der Waals surface area contributed by atoms with E-state index in [-0.39, 0.29) is 53.5 Å². The number of benzene rings is 2. The number of carbonyl (C=O) groups is 2. The summed E-state index contributed by atoms with van der Waals surface area (Å²) in [6.07, 6.45) is 1.24. The van der Waals surface area contributed by atoms with Gasteiger partial charge in [-0.25, -0.2) is 8.42 Å². The van der Waals surface area contributed by atoms with Crippen LogP contribution in [0, 0.1) is 0 Å². The molecule has 1 N–H and O–H groups in total. The van der Waals surface area contributed by atoms with E-state index in [1.54, 1.807) is 29.2 Å². The van der Waals surface area contributed by atoms with E-state index in [0.29, 0.717) is 24.4 Å². The van der Waals surface area contributed by atoms with Crippen molar-refractivity contribution in [2.24, 2.45) is 0 Å². The van der Waals surface area contributed by atoms with Crippen LogP contribution in [0.25, 0.3) is 0 Å². The third kappa shape index (κ3) is 5.61. The van der Waals surface area contributed by atoms with E-state index in [2.05, 4.69) is 4.98 Å². The molecule has 1 aromatic heterocycles. The Morgan fingerprint density at radius 1 is 1.05 bits per heavy atom. The Morgan fingerprint density at radius 3 is 2.52 bits per heavy atom. The Balaban J connectivity index is 1.36. The standard InChI is InChI=1S/C27H27ClN4O6S2/c28-19-9-4-5-11-21(19)39-17-22(33)31-12-6-10-20(31)25-29-26(35)24(34)23-27(36)30(13-14-32(23)25)15-16-40(37,38)18-7-2-1-3-8-18/h1-5,7-9,11,20,34H,6,10,12-17H2/t20-/m0/s1. The highest BCUT2D eigenvalue weighted by molar-refractivity contribution is 8.00. The predicted molar refractivity (Wildman–Crippen MR) is 150 cm³/mol. The lowest BCUT2D eigenvalue weighted by molar-refractivity contribution is -0.129. The number of nitrogens with zero attached hydrogens (tertiary/aromatic N) is 4. The summed E-state index contributed by atoms with van der Waals surface area (Å²) in [5, 5.41) is 11.1. The third-order valence-electron chi connectivity index (χ3n) is 7.06. The van der Waals surface area contributed by atoms with Gasteiger partial charge in [-0.2, -0.15) is 4.98 Å². The summed E-state index contributed by atoms with van der Waals surface area (Å²) in [5.41, 5.74) is -1.19. The Kier molecular flexibility index (Phi) is 8.20. The first-order valence-corrected chi connectivity index (χ1v) is 15.8. The second kappa shape index (κ2) is 11.6. The van der Waals surface area contributed by atoms with E-state index in [0.717, 1.165) is 4.90 Å². The molecule has 2 aliphatic rings. The topological polar surface area (TPSA) is 130 Å². The molecular weight excluding hydrogens is 576 g/mol. The number of sulfone groups is 1. The number of likely N-dealkylation sites (tertiary alicyclic amines) is 1. The Labute approximate surface area is 240 Å². The highest BCUT2D eigenvalue weighted by atomic mass is 35.5. The van der Waals surface area contributed by atoms with Crippen molar-refractivity contribution in [1.82, 2.24) is 19.4 Å². The molecular formula is C27H27ClN4O6S2. The van der Waals surface area contributed by atoms with E-state index in [1.807, 2.05) is 18.2 Å². The second-order valence-corrected chi connectivity index (χ2v) is 13.0. The maximum absolute atomic E-state index is 13.4. The summed E-state index contributed by atoms with van der Waals surface area (Å²) in [6.45, 7) is 0.719. The van der Waals surface area contributed by atoms with Gasteiger partial charge in [-0.15, -0.1) is 11.8 Å². The van der Waals surface area contributed by atoms with Crippen LogP contribution in [0.3, 0.4) is 0 Å². The van der Waals surface area contributed by atoms with Crippen LogP contribution in [0.15, 0.2) is 69.2 Å². The van der Waals surface area contributed by atoms with Gasteiger partial charge in [0.1, 0.15) is 5.82 Å². The first kappa shape index (κ1) is 28.2. The Hall–Kier alpha value is -3.35. The molecule has 0 aliphatic carbocycles. The lowest BCUT2D eigenvalue weighted by Gasteiger charge is -2.33. The van der Waals surface area contributed by atoms with Gasteiger partial charge in [-0.1, -0.05) is 41.9 Å². The minimum atomic E-state index is -3.64. The minimum Gasteiger partial charge on any atom is -0.501 e. The van der Waals surface area contributed by atoms with Crippen molar-refractivity contribution < 1.29 is 23.1 Å². The van der Waals surface area contributed by atoms with Crippen molar-refractivity contribution in [2.75, 3.05) is 31.1 Å². The van der Waals surface area contributed by atoms with E-state index in [9.17, 15) is 27.9 Å². The second-order valence-electron chi connectivity index (χ2n) is 9.51. The van der Waals surface area contributed by atoms with Crippen molar-refractivity contribution in [3.05, 3.63) is 81.5 Å². The number of aromatic nitrogens is 2. The van der Waals surface area contributed by atoms with Crippen LogP contribution >= 0.6 is 23.4 Å². The summed E-state index contributed by atoms with van der Waals surface area (Å²) in [7, 11) is -3.64. The number of thioether (sulfide) groups is 1. The van der Waals surface area contributed by atoms with Gasteiger partial charge in [0.25, 0.3) is 5.91 Å². The number of amides is 2. The molecule has 210 valence electrons. The molecule has 2 aliphatic heterocycles. The van der Waals surface area contributed by atoms with Crippen LogP contribution in [0.2, 0.25) is 5.02 Å². The number of halogens is 1. The van der Waals surface area contributed by atoms with Crippen molar-refractivity contribution in [2.45, 2.75) is 35.2 Å². The highest BCUT2D eigenvalue weighted by Crippen LogP contribution is 2.35. The minimum absolute atomic E-state index is 0.103. The fourth-order valence-corrected chi connectivity index (χ4v) is 7.43. The molecule has 3 heterocycles. The average Bonchev–Trinajstić information content (AvgIpc) is 3.44. The molecule has 2 aromatic carbocycles. The normalized spacial score (nSPS) is 17.2. The van der Waals surface area contributed by atoms with Gasteiger partial charge in [0.05, 0.1) is 27.5 Å². The largest absolute Gasteiger partial charge is 0.501 e. The predicted octanol–water partition coefficient (Wildman–Crippen LogP) is 2.99. The molecule has 1 fully saturated rings. The number of aromatic hydroxyl groups is 1. The number of hydrogen-bond donors (Lipinski definition) is 1. The van der Waals surface area contributed by atoms with Gasteiger partial charge in [0.15, 0.2) is 15.5 Å². The summed E-state index contributed by atoms with van der Waals surface area (Å²) in [4.78, 5) is 47.3. The van der Waals surface area contributed by atoms with Crippen molar-refractivity contribution >= 4 is 45.0 Å². The van der Waals surface area contributed by atoms with E-state index >= 15 is 0 Å². The molecule has 13 heteroatoms. The first-order chi connectivity index (χ1) is 19.2. The molecule has 1 atom stereocenters. The molecule has 1 saturated heterocycles. The van der Waals surface area contributed by atoms with Crippen LogP contribution in [-0.4, -0.2) is 75.8 Å². The van der Waals surface area contributed by atoms with Gasteiger partial charge in [0, 0.05) is 31.1 Å². The van der Waals surface area contributed by atoms with Gasteiger partial charge in [-0.05, 0) is 37.1 Å². The third-order valence-corrected chi connectivity index (χ3v) is 10.3. The summed E-state index contributed by atoms with van der Waals surface area (Å²) in [5.74, 6) is -1.51. The average molecular weight is 603 g/mol. The number of fused-ring (bicyclic) bond motifs is 1. The zero-order valence-corrected chi connectivity index (χ0v) is 23.8. The number of rotatable bonds is 8. The highest BCUT2D eigenvalue weighted by Gasteiger charge is 2.38. The quantitative estimate of drug-likeness (QED) is 0.390. The van der Waals surface area contributed by atoms with Crippen LogP contribution in [-0.2, 0) is 21.2 Å². The summed E-state index contributed by atoms with van der Waals surface area (Å²) in [6, 6.07) is 14.7. The van der Waals surface area contributed by atoms with Gasteiger partial charge >= 0.3 is 5.56 Å². The Bertz CT molecular complexity index is 1610. The Morgan fingerprint density at radius 2 is 1.77 bits per heavy atom. The molecule has 40 heavy (non-hydrogen) atoms. The van der Waals surface area contributed by atoms with Gasteiger partial charge in [-0.3, -0.25) is 14.4 Å². The van der Waals surface area contributed by atoms with Crippen LogP contribution in [0.5, 0.6) is 5.75 Å². The fourth-order valence-electron chi connectivity index (χ4n) is 5.04. The lowest BCUT2D eigenvalue weighted by atomic mass is 10.1. The maximum atomic E-state index is 13.4. The molecule has 3 aromatic rings. The van der Waals surface area contributed by atoms with E-state index in [4.69, 9.17) is 11.6 Å². The van der Waals surface area contributed by atoms with Crippen molar-refractivity contribution in [3.8, 4) is 5.75 Å². The molecule has 0 unspecified atom stereocenters. The van der Waals surface area contributed by atoms with Crippen molar-refractivity contribution in [3.63, 3.8) is 0 Å².